The Morgan fingerprint density at radius 3 is 2.45 bits per heavy atom. The van der Waals surface area contributed by atoms with Gasteiger partial charge in [-0.1, -0.05) is 30.3 Å². The molecule has 0 fully saturated rings. The van der Waals surface area contributed by atoms with Crippen LogP contribution in [0.2, 0.25) is 0 Å². The third-order valence-corrected chi connectivity index (χ3v) is 3.70. The average molecular weight is 291 g/mol. The van der Waals surface area contributed by atoms with E-state index in [9.17, 15) is 9.59 Å². The van der Waals surface area contributed by atoms with Gasteiger partial charge in [-0.05, 0) is 29.3 Å². The molecule has 0 spiro atoms. The summed E-state index contributed by atoms with van der Waals surface area (Å²) in [6.45, 7) is 1.01. The predicted octanol–water partition coefficient (Wildman–Crippen LogP) is 2.33. The molecule has 1 aliphatic rings. The van der Waals surface area contributed by atoms with Crippen molar-refractivity contribution < 1.29 is 14.4 Å². The van der Waals surface area contributed by atoms with Gasteiger partial charge in [0.15, 0.2) is 0 Å². The van der Waals surface area contributed by atoms with Crippen molar-refractivity contribution >= 4 is 17.9 Å². The molecule has 5 nitrogen and oxygen atoms in total. The van der Waals surface area contributed by atoms with E-state index in [0.29, 0.717) is 24.2 Å². The molecule has 1 amide bonds. The Labute approximate surface area is 127 Å². The summed E-state index contributed by atoms with van der Waals surface area (Å²) >= 11 is 0. The van der Waals surface area contributed by atoms with E-state index in [2.05, 4.69) is 4.79 Å². The molecule has 0 radical (unpaired) electrons. The number of rotatable bonds is 3. The van der Waals surface area contributed by atoms with Gasteiger partial charge < -0.3 is 10.4 Å². The lowest BCUT2D eigenvalue weighted by Gasteiger charge is -2.15. The van der Waals surface area contributed by atoms with Crippen LogP contribution in [0.3, 0.4) is 0 Å². The molecule has 5 heteroatoms. The molecule has 1 aliphatic heterocycles. The molecule has 2 aromatic carbocycles. The fourth-order valence-corrected chi connectivity index (χ4v) is 2.58. The lowest BCUT2D eigenvalue weighted by molar-refractivity contribution is 0.00234. The minimum absolute atomic E-state index is 0.0263. The number of benzene rings is 2. The first kappa shape index (κ1) is 13.9. The first-order valence-corrected chi connectivity index (χ1v) is 6.87. The minimum atomic E-state index is -0.363. The molecule has 0 N–H and O–H groups in total. The van der Waals surface area contributed by atoms with Gasteiger partial charge in [0.05, 0.1) is 0 Å². The number of nitrogens with zero attached hydrogens (tertiary/aromatic N) is 3. The standard InChI is InChI=1S/C17H13N3O2/c18-19-9-16(21)13-6-7-14-10-20(11-15(14)8-13)17(22)12-4-2-1-3-5-12/h1-9H,10-11H2. The summed E-state index contributed by atoms with van der Waals surface area (Å²) in [5.41, 5.74) is 11.5. The van der Waals surface area contributed by atoms with Crippen molar-refractivity contribution in [3.8, 4) is 0 Å². The van der Waals surface area contributed by atoms with Crippen LogP contribution in [0.5, 0.6) is 0 Å². The van der Waals surface area contributed by atoms with Crippen LogP contribution in [0.15, 0.2) is 48.5 Å². The zero-order chi connectivity index (χ0) is 15.5. The highest BCUT2D eigenvalue weighted by Gasteiger charge is 2.25. The van der Waals surface area contributed by atoms with Gasteiger partial charge in [-0.15, -0.1) is 0 Å². The van der Waals surface area contributed by atoms with Crippen molar-refractivity contribution in [2.24, 2.45) is 0 Å². The molecule has 0 saturated heterocycles. The molecule has 1 heterocycles. The summed E-state index contributed by atoms with van der Waals surface area (Å²) in [6.07, 6.45) is 0.865. The molecule has 0 bridgehead atoms. The molecular formula is C17H13N3O2. The number of hydrogen-bond acceptors (Lipinski definition) is 2. The maximum atomic E-state index is 12.4. The highest BCUT2D eigenvalue weighted by Crippen LogP contribution is 2.25. The monoisotopic (exact) mass is 291 g/mol. The second-order valence-electron chi connectivity index (χ2n) is 5.12. The van der Waals surface area contributed by atoms with Crippen LogP contribution in [0.4, 0.5) is 0 Å². The van der Waals surface area contributed by atoms with Crippen molar-refractivity contribution in [3.05, 3.63) is 76.3 Å². The zero-order valence-corrected chi connectivity index (χ0v) is 11.8. The van der Waals surface area contributed by atoms with Crippen molar-refractivity contribution in [2.45, 2.75) is 13.1 Å². The summed E-state index contributed by atoms with van der Waals surface area (Å²) in [5, 5.41) is 0. The Hall–Kier alpha value is -3.04. The van der Waals surface area contributed by atoms with E-state index in [1.807, 2.05) is 24.3 Å². The van der Waals surface area contributed by atoms with E-state index in [0.717, 1.165) is 17.3 Å². The zero-order valence-electron chi connectivity index (χ0n) is 11.8. The molecule has 2 aromatic rings. The molecule has 22 heavy (non-hydrogen) atoms. The number of hydrogen-bond donors (Lipinski definition) is 0. The summed E-state index contributed by atoms with van der Waals surface area (Å²) in [4.78, 5) is 28.6. The number of carbonyl (C=O) groups is 2. The lowest BCUT2D eigenvalue weighted by Crippen LogP contribution is -2.25. The van der Waals surface area contributed by atoms with Gasteiger partial charge in [-0.2, -0.15) is 4.79 Å². The van der Waals surface area contributed by atoms with Crippen LogP contribution < -0.4 is 0 Å². The topological polar surface area (TPSA) is 73.8 Å². The largest absolute Gasteiger partial charge is 0.361 e. The molecular weight excluding hydrogens is 278 g/mol. The predicted molar refractivity (Wildman–Crippen MR) is 80.5 cm³/mol. The molecule has 3 rings (SSSR count). The van der Waals surface area contributed by atoms with Gasteiger partial charge in [0.25, 0.3) is 11.7 Å². The van der Waals surface area contributed by atoms with Crippen molar-refractivity contribution in [2.75, 3.05) is 0 Å². The molecule has 0 unspecified atom stereocenters. The number of Topliss-reactive ketones (excluding diaryl/α,β-unsaturated/α-hetero) is 1. The van der Waals surface area contributed by atoms with Crippen molar-refractivity contribution in [3.63, 3.8) is 0 Å². The van der Waals surface area contributed by atoms with Crippen LogP contribution in [-0.4, -0.2) is 27.6 Å². The first-order valence-electron chi connectivity index (χ1n) is 6.87. The van der Waals surface area contributed by atoms with Gasteiger partial charge in [0.1, 0.15) is 0 Å². The minimum Gasteiger partial charge on any atom is -0.361 e. The fourth-order valence-electron chi connectivity index (χ4n) is 2.58. The molecule has 0 aromatic heterocycles. The fraction of sp³-hybridized carbons (Fsp3) is 0.118. The van der Waals surface area contributed by atoms with Crippen molar-refractivity contribution in [1.29, 1.82) is 0 Å². The van der Waals surface area contributed by atoms with Crippen LogP contribution in [-0.2, 0) is 13.1 Å². The van der Waals surface area contributed by atoms with E-state index in [1.165, 1.54) is 0 Å². The van der Waals surface area contributed by atoms with Crippen LogP contribution in [0, 0.1) is 0 Å². The molecule has 0 atom stereocenters. The highest BCUT2D eigenvalue weighted by atomic mass is 16.2. The Bertz CT molecular complexity index is 793. The smallest absolute Gasteiger partial charge is 0.328 e. The molecule has 0 saturated carbocycles. The molecule has 108 valence electrons. The quantitative estimate of drug-likeness (QED) is 0.377. The third-order valence-electron chi connectivity index (χ3n) is 3.70. The van der Waals surface area contributed by atoms with E-state index in [-0.39, 0.29) is 11.7 Å². The van der Waals surface area contributed by atoms with Gasteiger partial charge in [0, 0.05) is 24.2 Å². The summed E-state index contributed by atoms with van der Waals surface area (Å²) in [6, 6.07) is 14.4. The van der Waals surface area contributed by atoms with E-state index < -0.39 is 0 Å². The average Bonchev–Trinajstić information content (AvgIpc) is 2.98. The van der Waals surface area contributed by atoms with Crippen LogP contribution >= 0.6 is 0 Å². The maximum absolute atomic E-state index is 12.4. The summed E-state index contributed by atoms with van der Waals surface area (Å²) in [7, 11) is 0. The summed E-state index contributed by atoms with van der Waals surface area (Å²) < 4.78 is 0. The normalized spacial score (nSPS) is 12.5. The lowest BCUT2D eigenvalue weighted by atomic mass is 10.0. The number of carbonyl (C=O) groups excluding carboxylic acids is 2. The number of amides is 1. The third kappa shape index (κ3) is 2.57. The van der Waals surface area contributed by atoms with Gasteiger partial charge in [-0.25, -0.2) is 0 Å². The van der Waals surface area contributed by atoms with E-state index >= 15 is 0 Å². The van der Waals surface area contributed by atoms with E-state index in [4.69, 9.17) is 5.53 Å². The van der Waals surface area contributed by atoms with Gasteiger partial charge >= 0.3 is 6.21 Å². The Morgan fingerprint density at radius 2 is 1.73 bits per heavy atom. The van der Waals surface area contributed by atoms with Crippen LogP contribution in [0.1, 0.15) is 31.8 Å². The second kappa shape index (κ2) is 5.76. The summed E-state index contributed by atoms with van der Waals surface area (Å²) in [5.74, 6) is -0.389. The first-order chi connectivity index (χ1) is 10.7. The second-order valence-corrected chi connectivity index (χ2v) is 5.12. The van der Waals surface area contributed by atoms with Gasteiger partial charge in [-0.3, -0.25) is 9.59 Å². The Kier molecular flexibility index (Phi) is 3.64. The SMILES string of the molecule is [N-]=[N+]=CC(=O)c1ccc2c(c1)CN(C(=O)c1ccccc1)C2. The Balaban J connectivity index is 1.82. The number of fused-ring (bicyclic) bond motifs is 1. The van der Waals surface area contributed by atoms with Gasteiger partial charge in [0.2, 0.25) is 0 Å². The highest BCUT2D eigenvalue weighted by molar-refractivity contribution is 6.33. The maximum Gasteiger partial charge on any atom is 0.328 e. The number of ketones is 1. The van der Waals surface area contributed by atoms with E-state index in [1.54, 1.807) is 29.2 Å². The Morgan fingerprint density at radius 1 is 1.00 bits per heavy atom. The van der Waals surface area contributed by atoms with Crippen LogP contribution in [0.25, 0.3) is 5.53 Å². The molecule has 0 aliphatic carbocycles. The van der Waals surface area contributed by atoms with Crippen molar-refractivity contribution in [1.82, 2.24) is 4.90 Å².